The van der Waals surface area contributed by atoms with Crippen molar-refractivity contribution in [3.63, 3.8) is 0 Å². The summed E-state index contributed by atoms with van der Waals surface area (Å²) in [4.78, 5) is 11.6. The second-order valence-corrected chi connectivity index (χ2v) is 6.68. The molecule has 0 atom stereocenters. The highest BCUT2D eigenvalue weighted by atomic mass is 35.5. The van der Waals surface area contributed by atoms with Gasteiger partial charge < -0.3 is 24.8 Å². The first-order valence-corrected chi connectivity index (χ1v) is 9.40. The molecule has 2 aromatic carbocycles. The van der Waals surface area contributed by atoms with Gasteiger partial charge in [-0.25, -0.2) is 4.79 Å². The van der Waals surface area contributed by atoms with E-state index in [1.165, 1.54) is 7.11 Å². The molecule has 6 nitrogen and oxygen atoms in total. The number of rotatable bonds is 8. The molecule has 28 heavy (non-hydrogen) atoms. The van der Waals surface area contributed by atoms with Crippen LogP contribution in [-0.2, 0) is 11.2 Å². The maximum Gasteiger partial charge on any atom is 0.337 e. The molecule has 0 fully saturated rings. The second kappa shape index (κ2) is 10.7. The van der Waals surface area contributed by atoms with E-state index in [0.717, 1.165) is 18.4 Å². The Labute approximate surface area is 175 Å². The predicted molar refractivity (Wildman–Crippen MR) is 115 cm³/mol. The van der Waals surface area contributed by atoms with E-state index in [9.17, 15) is 4.79 Å². The van der Waals surface area contributed by atoms with Gasteiger partial charge >= 0.3 is 5.97 Å². The lowest BCUT2D eigenvalue weighted by Gasteiger charge is -2.13. The zero-order valence-corrected chi connectivity index (χ0v) is 17.6. The maximum atomic E-state index is 11.6. The number of benzene rings is 2. The molecule has 2 rings (SSSR count). The zero-order valence-electron chi connectivity index (χ0n) is 16.0. The van der Waals surface area contributed by atoms with Gasteiger partial charge in [-0.1, -0.05) is 17.7 Å². The summed E-state index contributed by atoms with van der Waals surface area (Å²) >= 11 is 11.5. The fourth-order valence-corrected chi connectivity index (χ4v) is 2.94. The summed E-state index contributed by atoms with van der Waals surface area (Å²) in [5.74, 6) is 0.986. The number of carbonyl (C=O) groups is 1. The molecule has 0 aliphatic heterocycles. The molecule has 0 radical (unpaired) electrons. The fraction of sp³-hybridized carbons (Fsp3) is 0.300. The topological polar surface area (TPSA) is 68.8 Å². The molecular weight excluding hydrogens is 400 g/mol. The Bertz CT molecular complexity index is 845. The molecule has 0 aromatic heterocycles. The minimum atomic E-state index is -0.437. The summed E-state index contributed by atoms with van der Waals surface area (Å²) < 4.78 is 15.3. The molecule has 0 unspecified atom stereocenters. The number of anilines is 1. The summed E-state index contributed by atoms with van der Waals surface area (Å²) in [6.07, 6.45) is 1.72. The Kier molecular flexibility index (Phi) is 8.35. The number of methoxy groups -OCH3 is 3. The summed E-state index contributed by atoms with van der Waals surface area (Å²) in [6.45, 7) is 0.675. The fourth-order valence-electron chi connectivity index (χ4n) is 2.56. The smallest absolute Gasteiger partial charge is 0.337 e. The van der Waals surface area contributed by atoms with Crippen LogP contribution in [0.25, 0.3) is 0 Å². The Morgan fingerprint density at radius 3 is 2.50 bits per heavy atom. The third kappa shape index (κ3) is 6.00. The highest BCUT2D eigenvalue weighted by molar-refractivity contribution is 7.80. The second-order valence-electron chi connectivity index (χ2n) is 5.86. The average Bonchev–Trinajstić information content (AvgIpc) is 2.71. The first-order chi connectivity index (χ1) is 13.5. The van der Waals surface area contributed by atoms with Gasteiger partial charge in [-0.2, -0.15) is 0 Å². The highest BCUT2D eigenvalue weighted by Gasteiger charge is 2.10. The number of esters is 1. The monoisotopic (exact) mass is 422 g/mol. The minimum Gasteiger partial charge on any atom is -0.493 e. The van der Waals surface area contributed by atoms with Crippen LogP contribution in [0.2, 0.25) is 5.02 Å². The number of ether oxygens (including phenoxy) is 3. The van der Waals surface area contributed by atoms with Gasteiger partial charge in [-0.05, 0) is 61.0 Å². The molecule has 2 aromatic rings. The summed E-state index contributed by atoms with van der Waals surface area (Å²) in [7, 11) is 4.56. The van der Waals surface area contributed by atoms with Crippen LogP contribution in [-0.4, -0.2) is 39.0 Å². The lowest BCUT2D eigenvalue weighted by atomic mass is 10.1. The number of nitrogens with one attached hydrogen (secondary N) is 2. The van der Waals surface area contributed by atoms with Crippen molar-refractivity contribution >= 4 is 40.6 Å². The third-order valence-corrected chi connectivity index (χ3v) is 4.59. The Morgan fingerprint density at radius 1 is 1.07 bits per heavy atom. The molecule has 0 saturated carbocycles. The third-order valence-electron chi connectivity index (χ3n) is 4.01. The van der Waals surface area contributed by atoms with E-state index in [-0.39, 0.29) is 0 Å². The van der Waals surface area contributed by atoms with E-state index in [1.54, 1.807) is 32.4 Å². The average molecular weight is 423 g/mol. The molecule has 0 spiro atoms. The molecule has 8 heteroatoms. The van der Waals surface area contributed by atoms with Crippen LogP contribution in [0, 0.1) is 0 Å². The van der Waals surface area contributed by atoms with Crippen LogP contribution in [0.5, 0.6) is 11.5 Å². The standard InChI is InChI=1S/C20H23ClN2O4S/c1-25-17-9-6-13(11-18(17)26-2)5-4-10-22-20(28)23-16-12-14(19(24)27-3)7-8-15(16)21/h6-9,11-12H,4-5,10H2,1-3H3,(H2,22,23,28). The van der Waals surface area contributed by atoms with Crippen molar-refractivity contribution in [2.24, 2.45) is 0 Å². The van der Waals surface area contributed by atoms with Crippen LogP contribution in [0.15, 0.2) is 36.4 Å². The summed E-state index contributed by atoms with van der Waals surface area (Å²) in [6, 6.07) is 10.7. The predicted octanol–water partition coefficient (Wildman–Crippen LogP) is 4.06. The molecule has 0 heterocycles. The van der Waals surface area contributed by atoms with E-state index in [4.69, 9.17) is 38.0 Å². The number of halogens is 1. The quantitative estimate of drug-likeness (QED) is 0.377. The van der Waals surface area contributed by atoms with E-state index >= 15 is 0 Å². The number of hydrogen-bond acceptors (Lipinski definition) is 5. The lowest BCUT2D eigenvalue weighted by molar-refractivity contribution is 0.0601. The van der Waals surface area contributed by atoms with Crippen molar-refractivity contribution < 1.29 is 19.0 Å². The Balaban J connectivity index is 1.84. The van der Waals surface area contributed by atoms with E-state index in [0.29, 0.717) is 39.4 Å². The van der Waals surface area contributed by atoms with Crippen molar-refractivity contribution in [1.29, 1.82) is 0 Å². The van der Waals surface area contributed by atoms with Crippen LogP contribution < -0.4 is 20.1 Å². The molecule has 150 valence electrons. The Morgan fingerprint density at radius 2 is 1.82 bits per heavy atom. The number of aryl methyl sites for hydroxylation is 1. The van der Waals surface area contributed by atoms with Crippen molar-refractivity contribution in [3.8, 4) is 11.5 Å². The van der Waals surface area contributed by atoms with Crippen molar-refractivity contribution in [3.05, 3.63) is 52.5 Å². The molecule has 0 amide bonds. The van der Waals surface area contributed by atoms with E-state index in [2.05, 4.69) is 10.6 Å². The largest absolute Gasteiger partial charge is 0.493 e. The van der Waals surface area contributed by atoms with Gasteiger partial charge in [0.2, 0.25) is 0 Å². The number of carbonyl (C=O) groups excluding carboxylic acids is 1. The number of hydrogen-bond donors (Lipinski definition) is 2. The van der Waals surface area contributed by atoms with E-state index < -0.39 is 5.97 Å². The van der Waals surface area contributed by atoms with Gasteiger partial charge in [0, 0.05) is 6.54 Å². The SMILES string of the molecule is COC(=O)c1ccc(Cl)c(NC(=S)NCCCc2ccc(OC)c(OC)c2)c1. The summed E-state index contributed by atoms with van der Waals surface area (Å²) in [5, 5.41) is 7.03. The van der Waals surface area contributed by atoms with Crippen molar-refractivity contribution in [2.45, 2.75) is 12.8 Å². The zero-order chi connectivity index (χ0) is 20.5. The van der Waals surface area contributed by atoms with Gasteiger partial charge in [0.15, 0.2) is 16.6 Å². The van der Waals surface area contributed by atoms with Crippen LogP contribution in [0.1, 0.15) is 22.3 Å². The lowest BCUT2D eigenvalue weighted by Crippen LogP contribution is -2.29. The van der Waals surface area contributed by atoms with Crippen LogP contribution in [0.4, 0.5) is 5.69 Å². The molecular formula is C20H23ClN2O4S. The van der Waals surface area contributed by atoms with Crippen molar-refractivity contribution in [1.82, 2.24) is 5.32 Å². The molecule has 0 bridgehead atoms. The molecule has 0 saturated heterocycles. The normalized spacial score (nSPS) is 10.1. The molecule has 0 aliphatic rings. The molecule has 0 aliphatic carbocycles. The van der Waals surface area contributed by atoms with Gasteiger partial charge in [-0.3, -0.25) is 0 Å². The first-order valence-electron chi connectivity index (χ1n) is 8.62. The molecule has 2 N–H and O–H groups in total. The highest BCUT2D eigenvalue weighted by Crippen LogP contribution is 2.28. The first kappa shape index (κ1) is 21.8. The van der Waals surface area contributed by atoms with Crippen molar-refractivity contribution in [2.75, 3.05) is 33.2 Å². The van der Waals surface area contributed by atoms with Gasteiger partial charge in [0.05, 0.1) is 37.6 Å². The number of thiocarbonyl (C=S) groups is 1. The minimum absolute atomic E-state index is 0.394. The van der Waals surface area contributed by atoms with Gasteiger partial charge in [0.25, 0.3) is 0 Å². The Hall–Kier alpha value is -2.51. The van der Waals surface area contributed by atoms with Gasteiger partial charge in [0.1, 0.15) is 0 Å². The summed E-state index contributed by atoms with van der Waals surface area (Å²) in [5.41, 5.74) is 2.08. The van der Waals surface area contributed by atoms with Crippen LogP contribution >= 0.6 is 23.8 Å². The van der Waals surface area contributed by atoms with Crippen LogP contribution in [0.3, 0.4) is 0 Å². The van der Waals surface area contributed by atoms with Gasteiger partial charge in [-0.15, -0.1) is 0 Å². The maximum absolute atomic E-state index is 11.6. The van der Waals surface area contributed by atoms with E-state index in [1.807, 2.05) is 18.2 Å².